The number of amidine groups is 1. The smallest absolute Gasteiger partial charge is 0.323 e. The first kappa shape index (κ1) is 29.0. The molecule has 9 nitrogen and oxygen atoms in total. The van der Waals surface area contributed by atoms with E-state index >= 15 is 0 Å². The Morgan fingerprint density at radius 2 is 1.89 bits per heavy atom. The van der Waals surface area contributed by atoms with Crippen LogP contribution in [0.1, 0.15) is 70.9 Å². The third kappa shape index (κ3) is 5.92. The van der Waals surface area contributed by atoms with E-state index in [9.17, 15) is 14.4 Å². The summed E-state index contributed by atoms with van der Waals surface area (Å²) in [5.41, 5.74) is 3.01. The Bertz CT molecular complexity index is 1210. The number of carbonyl (C=O) groups is 3. The lowest BCUT2D eigenvalue weighted by Gasteiger charge is -2.26. The van der Waals surface area contributed by atoms with Crippen molar-refractivity contribution in [2.45, 2.75) is 46.1 Å². The molecule has 0 unspecified atom stereocenters. The first-order valence-electron chi connectivity index (χ1n) is 11.4. The Kier molecular flexibility index (Phi) is 9.01. The van der Waals surface area contributed by atoms with Crippen molar-refractivity contribution in [2.24, 2.45) is 0 Å². The first-order valence-corrected chi connectivity index (χ1v) is 11.4. The first-order chi connectivity index (χ1) is 16.4. The van der Waals surface area contributed by atoms with Crippen LogP contribution in [0.25, 0.3) is 0 Å². The zero-order chi connectivity index (χ0) is 26.1. The second kappa shape index (κ2) is 11.2. The summed E-state index contributed by atoms with van der Waals surface area (Å²) in [7, 11) is 2.84. The molecule has 1 amide bonds. The molecule has 2 heterocycles. The summed E-state index contributed by atoms with van der Waals surface area (Å²) < 4.78 is 5.57. The number of aromatic nitrogens is 1. The molecule has 0 aliphatic carbocycles. The van der Waals surface area contributed by atoms with Crippen molar-refractivity contribution in [3.63, 3.8) is 0 Å². The lowest BCUT2D eigenvalue weighted by atomic mass is 9.83. The highest BCUT2D eigenvalue weighted by Crippen LogP contribution is 2.36. The highest BCUT2D eigenvalue weighted by molar-refractivity contribution is 8.93. The van der Waals surface area contributed by atoms with Gasteiger partial charge in [0.15, 0.2) is 5.78 Å². The van der Waals surface area contributed by atoms with E-state index in [4.69, 9.17) is 15.3 Å². The molecule has 0 atom stereocenters. The molecule has 2 aromatic rings. The number of Topliss-reactive ketones (excluding diaryl/α,β-unsaturated/α-hetero) is 1. The van der Waals surface area contributed by atoms with Gasteiger partial charge in [0, 0.05) is 36.0 Å². The highest BCUT2D eigenvalue weighted by atomic mass is 79.9. The quantitative estimate of drug-likeness (QED) is 0.471. The number of ketones is 1. The number of aliphatic carboxylic acids is 1. The number of carboxylic acid groups (broad SMARTS) is 1. The van der Waals surface area contributed by atoms with Crippen LogP contribution in [-0.4, -0.2) is 70.6 Å². The van der Waals surface area contributed by atoms with Gasteiger partial charge >= 0.3 is 5.97 Å². The van der Waals surface area contributed by atoms with Gasteiger partial charge in [-0.2, -0.15) is 0 Å². The molecule has 10 heteroatoms. The van der Waals surface area contributed by atoms with Gasteiger partial charge in [-0.25, -0.2) is 4.98 Å². The van der Waals surface area contributed by atoms with Crippen molar-refractivity contribution in [1.82, 2.24) is 14.8 Å². The van der Waals surface area contributed by atoms with Crippen LogP contribution in [0, 0.1) is 5.41 Å². The molecule has 0 spiro atoms. The number of ether oxygens (including phenoxy) is 1. The molecule has 0 saturated heterocycles. The molecule has 1 aromatic heterocycles. The molecule has 0 fully saturated rings. The Labute approximate surface area is 221 Å². The van der Waals surface area contributed by atoms with Crippen molar-refractivity contribution >= 4 is 40.5 Å². The number of halogens is 1. The van der Waals surface area contributed by atoms with Crippen LogP contribution in [-0.2, 0) is 23.2 Å². The fourth-order valence-corrected chi connectivity index (χ4v) is 4.10. The monoisotopic (exact) mass is 560 g/mol. The number of fused-ring (bicyclic) bond motifs is 1. The molecule has 0 bridgehead atoms. The number of hydrogen-bond acceptors (Lipinski definition) is 6. The molecule has 2 N–H and O–H groups in total. The zero-order valence-electron chi connectivity index (χ0n) is 21.5. The number of pyridine rings is 1. The second-order valence-electron chi connectivity index (χ2n) is 9.70. The number of rotatable bonds is 8. The van der Waals surface area contributed by atoms with E-state index in [0.29, 0.717) is 29.1 Å². The minimum atomic E-state index is -1.14. The Morgan fingerprint density at radius 1 is 1.22 bits per heavy atom. The number of carboxylic acids is 1. The van der Waals surface area contributed by atoms with Crippen LogP contribution in [0.2, 0.25) is 0 Å². The summed E-state index contributed by atoms with van der Waals surface area (Å²) >= 11 is 0. The van der Waals surface area contributed by atoms with Crippen LogP contribution in [0.3, 0.4) is 0 Å². The molecule has 0 saturated carbocycles. The van der Waals surface area contributed by atoms with Gasteiger partial charge in [0.1, 0.15) is 23.8 Å². The van der Waals surface area contributed by atoms with E-state index < -0.39 is 23.8 Å². The molecule has 194 valence electrons. The number of nitrogens with one attached hydrogen (secondary N) is 1. The normalized spacial score (nSPS) is 12.6. The van der Waals surface area contributed by atoms with E-state index in [0.717, 1.165) is 22.6 Å². The van der Waals surface area contributed by atoms with Gasteiger partial charge in [-0.3, -0.25) is 19.8 Å². The molecule has 36 heavy (non-hydrogen) atoms. The maximum absolute atomic E-state index is 13.4. The van der Waals surface area contributed by atoms with E-state index in [1.165, 1.54) is 20.2 Å². The number of aryl methyl sites for hydroxylation is 1. The van der Waals surface area contributed by atoms with Gasteiger partial charge in [0.25, 0.3) is 5.91 Å². The maximum Gasteiger partial charge on any atom is 0.323 e. The number of carbonyl (C=O) groups excluding carboxylic acids is 2. The lowest BCUT2D eigenvalue weighted by Crippen LogP contribution is -2.33. The predicted molar refractivity (Wildman–Crippen MR) is 142 cm³/mol. The Balaban J connectivity index is 0.00000456. The zero-order valence-corrected chi connectivity index (χ0v) is 23.2. The van der Waals surface area contributed by atoms with Gasteiger partial charge in [-0.15, -0.1) is 17.0 Å². The van der Waals surface area contributed by atoms with Gasteiger partial charge in [-0.05, 0) is 30.0 Å². The maximum atomic E-state index is 13.4. The Hall–Kier alpha value is -3.27. The van der Waals surface area contributed by atoms with E-state index in [2.05, 4.69) is 4.98 Å². The fraction of sp³-hybridized carbons (Fsp3) is 0.423. The minimum absolute atomic E-state index is 0. The predicted octanol–water partition coefficient (Wildman–Crippen LogP) is 3.71. The second-order valence-corrected chi connectivity index (χ2v) is 9.70. The van der Waals surface area contributed by atoms with Gasteiger partial charge in [-0.1, -0.05) is 33.8 Å². The molecular weight excluding hydrogens is 528 g/mol. The molecule has 1 aromatic carbocycles. The number of likely N-dealkylation sites (N-methyl/N-ethyl adjacent to an activating group) is 1. The average molecular weight is 561 g/mol. The van der Waals surface area contributed by atoms with Crippen LogP contribution in [0.4, 0.5) is 0 Å². The van der Waals surface area contributed by atoms with Crippen LogP contribution in [0.15, 0.2) is 24.3 Å². The molecule has 0 radical (unpaired) electrons. The van der Waals surface area contributed by atoms with E-state index in [1.807, 2.05) is 39.8 Å². The molecule has 1 aliphatic rings. The summed E-state index contributed by atoms with van der Waals surface area (Å²) in [6.07, 6.45) is 0.758. The molecule has 3 rings (SSSR count). The Morgan fingerprint density at radius 3 is 2.44 bits per heavy atom. The SMILES string of the molecule is Br.CCc1ccc2c(n1)C(=N)N(CC(=O)c1cc(C(=O)N(C)CC(=O)O)c(OC)c(C(C)(C)C)c1)C2. The van der Waals surface area contributed by atoms with Crippen molar-refractivity contribution in [3.8, 4) is 5.75 Å². The largest absolute Gasteiger partial charge is 0.496 e. The molecular formula is C26H33BrN4O5. The summed E-state index contributed by atoms with van der Waals surface area (Å²) in [5, 5.41) is 17.6. The third-order valence-electron chi connectivity index (χ3n) is 6.01. The summed E-state index contributed by atoms with van der Waals surface area (Å²) in [6.45, 7) is 7.70. The van der Waals surface area contributed by atoms with Gasteiger partial charge in [0.2, 0.25) is 0 Å². The lowest BCUT2D eigenvalue weighted by molar-refractivity contribution is -0.137. The van der Waals surface area contributed by atoms with E-state index in [1.54, 1.807) is 11.0 Å². The summed E-state index contributed by atoms with van der Waals surface area (Å²) in [6, 6.07) is 7.05. The third-order valence-corrected chi connectivity index (χ3v) is 6.01. The van der Waals surface area contributed by atoms with Crippen LogP contribution in [0.5, 0.6) is 5.75 Å². The number of methoxy groups -OCH3 is 1. The van der Waals surface area contributed by atoms with Crippen LogP contribution < -0.4 is 4.74 Å². The highest BCUT2D eigenvalue weighted by Gasteiger charge is 2.31. The van der Waals surface area contributed by atoms with Crippen molar-refractivity contribution in [3.05, 3.63) is 57.9 Å². The molecule has 1 aliphatic heterocycles. The topological polar surface area (TPSA) is 124 Å². The summed E-state index contributed by atoms with van der Waals surface area (Å²) in [4.78, 5) is 45.0. The summed E-state index contributed by atoms with van der Waals surface area (Å²) in [5.74, 6) is -1.45. The standard InChI is InChI=1S/C26H32N4O5.BrH/c1-7-17-9-8-15-12-30(24(27)22(15)28-17)13-20(31)16-10-18(25(34)29(5)14-21(32)33)23(35-6)19(11-16)26(2,3)4;/h8-11,27H,7,12-14H2,1-6H3,(H,32,33);1H. The van der Waals surface area contributed by atoms with Gasteiger partial charge in [0.05, 0.1) is 19.2 Å². The number of hydrogen-bond donors (Lipinski definition) is 2. The van der Waals surface area contributed by atoms with Crippen molar-refractivity contribution < 1.29 is 24.2 Å². The average Bonchev–Trinajstić information content (AvgIpc) is 3.10. The fourth-order valence-electron chi connectivity index (χ4n) is 4.10. The number of amides is 1. The van der Waals surface area contributed by atoms with E-state index in [-0.39, 0.29) is 40.7 Å². The van der Waals surface area contributed by atoms with Gasteiger partial charge < -0.3 is 19.6 Å². The minimum Gasteiger partial charge on any atom is -0.496 e. The van der Waals surface area contributed by atoms with Crippen molar-refractivity contribution in [1.29, 1.82) is 5.41 Å². The van der Waals surface area contributed by atoms with Crippen LogP contribution >= 0.6 is 17.0 Å². The number of benzene rings is 1. The van der Waals surface area contributed by atoms with Crippen molar-refractivity contribution in [2.75, 3.05) is 27.2 Å². The number of nitrogens with zero attached hydrogens (tertiary/aromatic N) is 3.